The van der Waals surface area contributed by atoms with Gasteiger partial charge in [-0.2, -0.15) is 5.26 Å². The highest BCUT2D eigenvalue weighted by atomic mass is 16.5. The minimum Gasteiger partial charge on any atom is -0.481 e. The van der Waals surface area contributed by atoms with E-state index in [0.29, 0.717) is 35.7 Å². The summed E-state index contributed by atoms with van der Waals surface area (Å²) in [5.74, 6) is 1.95. The van der Waals surface area contributed by atoms with Gasteiger partial charge in [-0.1, -0.05) is 13.0 Å². The summed E-state index contributed by atoms with van der Waals surface area (Å²) in [5.41, 5.74) is 4.41. The number of hydrogen-bond acceptors (Lipinski definition) is 6. The molecule has 7 heteroatoms. The number of carbonyl (C=O) groups is 1. The molecule has 0 radical (unpaired) electrons. The van der Waals surface area contributed by atoms with E-state index in [2.05, 4.69) is 44.6 Å². The number of ether oxygens (including phenoxy) is 1. The zero-order chi connectivity index (χ0) is 24.4. The van der Waals surface area contributed by atoms with Crippen molar-refractivity contribution in [2.75, 3.05) is 25.1 Å². The van der Waals surface area contributed by atoms with Crippen LogP contribution in [0, 0.1) is 17.2 Å². The van der Waals surface area contributed by atoms with Crippen molar-refractivity contribution in [3.05, 3.63) is 59.4 Å². The normalized spacial score (nSPS) is 23.3. The molecule has 3 unspecified atom stereocenters. The topological polar surface area (TPSA) is 82.1 Å². The maximum atomic E-state index is 13.2. The quantitative estimate of drug-likeness (QED) is 0.430. The molecular weight excluding hydrogens is 438 g/mol. The van der Waals surface area contributed by atoms with Crippen LogP contribution in [0.15, 0.2) is 48.3 Å². The number of rotatable bonds is 8. The summed E-state index contributed by atoms with van der Waals surface area (Å²) in [4.78, 5) is 23.9. The van der Waals surface area contributed by atoms with Crippen LogP contribution in [0.1, 0.15) is 56.6 Å². The Balaban J connectivity index is 1.20. The molecule has 3 atom stereocenters. The number of aromatic nitrogens is 2. The lowest BCUT2D eigenvalue weighted by atomic mass is 9.92. The van der Waals surface area contributed by atoms with E-state index in [1.165, 1.54) is 17.6 Å². The Bertz CT molecular complexity index is 1230. The molecule has 0 aliphatic carbocycles. The fourth-order valence-corrected chi connectivity index (χ4v) is 5.71. The molecule has 180 valence electrons. The predicted octanol–water partition coefficient (Wildman–Crippen LogP) is 3.92. The highest BCUT2D eigenvalue weighted by Gasteiger charge is 2.61. The number of allylic oxidation sites excluding steroid dienone is 1. The van der Waals surface area contributed by atoms with Crippen molar-refractivity contribution in [1.82, 2.24) is 9.97 Å². The molecule has 3 aliphatic heterocycles. The molecule has 1 aromatic carbocycles. The predicted molar refractivity (Wildman–Crippen MR) is 134 cm³/mol. The Kier molecular flexibility index (Phi) is 6.63. The van der Waals surface area contributed by atoms with Gasteiger partial charge in [0.2, 0.25) is 23.7 Å². The second-order valence-electron chi connectivity index (χ2n) is 9.61. The average Bonchev–Trinajstić information content (AvgIpc) is 3.56. The Labute approximate surface area is 206 Å². The van der Waals surface area contributed by atoms with E-state index in [1.54, 1.807) is 7.11 Å². The highest BCUT2D eigenvalue weighted by Crippen LogP contribution is 2.40. The molecule has 2 fully saturated rings. The fourth-order valence-electron chi connectivity index (χ4n) is 5.71. The van der Waals surface area contributed by atoms with Crippen molar-refractivity contribution in [2.45, 2.75) is 57.5 Å². The summed E-state index contributed by atoms with van der Waals surface area (Å²) < 4.78 is 7.68. The van der Waals surface area contributed by atoms with E-state index in [1.807, 2.05) is 24.3 Å². The number of fused-ring (bicyclic) bond motifs is 1. The monoisotopic (exact) mass is 470 g/mol. The van der Waals surface area contributed by atoms with Gasteiger partial charge in [0.1, 0.15) is 17.9 Å². The first-order chi connectivity index (χ1) is 17.1. The molecule has 0 bridgehead atoms. The molecule has 3 aliphatic rings. The molecular formula is C28H32N5O2+. The molecule has 2 saturated heterocycles. The minimum absolute atomic E-state index is 0.120. The van der Waals surface area contributed by atoms with E-state index in [4.69, 9.17) is 4.74 Å². The largest absolute Gasteiger partial charge is 0.481 e. The summed E-state index contributed by atoms with van der Waals surface area (Å²) in [7, 11) is 1.61. The maximum absolute atomic E-state index is 13.2. The molecule has 4 heterocycles. The molecule has 7 nitrogen and oxygen atoms in total. The van der Waals surface area contributed by atoms with Crippen LogP contribution in [0.3, 0.4) is 0 Å². The lowest BCUT2D eigenvalue weighted by Crippen LogP contribution is -2.26. The van der Waals surface area contributed by atoms with Gasteiger partial charge in [0.05, 0.1) is 18.7 Å². The summed E-state index contributed by atoms with van der Waals surface area (Å²) in [5, 5.41) is 9.28. The van der Waals surface area contributed by atoms with Crippen LogP contribution in [0.5, 0.6) is 5.88 Å². The molecule has 1 aromatic heterocycles. The van der Waals surface area contributed by atoms with Crippen molar-refractivity contribution in [3.8, 4) is 11.9 Å². The van der Waals surface area contributed by atoms with Gasteiger partial charge in [0, 0.05) is 55.1 Å². The maximum Gasteiger partial charge on any atom is 0.236 e. The van der Waals surface area contributed by atoms with Crippen LogP contribution in [0.25, 0.3) is 0 Å². The number of ketones is 1. The number of nitrogens with zero attached hydrogens (tertiary/aromatic N) is 5. The Morgan fingerprint density at radius 3 is 2.94 bits per heavy atom. The van der Waals surface area contributed by atoms with E-state index >= 15 is 0 Å². The van der Waals surface area contributed by atoms with Gasteiger partial charge in [0.15, 0.2) is 0 Å². The summed E-state index contributed by atoms with van der Waals surface area (Å²) in [6, 6.07) is 12.8. The summed E-state index contributed by atoms with van der Waals surface area (Å²) in [6.45, 7) is 3.92. The van der Waals surface area contributed by atoms with Crippen LogP contribution in [0.2, 0.25) is 0 Å². The third-order valence-corrected chi connectivity index (χ3v) is 7.64. The second-order valence-corrected chi connectivity index (χ2v) is 9.61. The summed E-state index contributed by atoms with van der Waals surface area (Å²) >= 11 is 0. The standard InChI is InChI=1S/C28H32N5O2/c1-3-20-15-24(22-7-4-6-19(14-22)17-29)33-23(28(20)33)9-10-25(34)21-8-5-12-32(13-11-21)26-16-27(35-2)31-18-30-26/h4,6-7,14-16,18,21,23,28H,3,5,8-13H2,1-2H3/q+1. The number of benzene rings is 1. The van der Waals surface area contributed by atoms with Crippen molar-refractivity contribution in [3.63, 3.8) is 0 Å². The number of methoxy groups -OCH3 is 1. The van der Waals surface area contributed by atoms with Crippen molar-refractivity contribution < 1.29 is 14.1 Å². The van der Waals surface area contributed by atoms with Crippen LogP contribution in [0.4, 0.5) is 5.82 Å². The molecule has 35 heavy (non-hydrogen) atoms. The number of carbonyl (C=O) groups excluding carboxylic acids is 1. The van der Waals surface area contributed by atoms with Crippen molar-refractivity contribution in [1.29, 1.82) is 5.26 Å². The van der Waals surface area contributed by atoms with Crippen molar-refractivity contribution in [2.24, 2.45) is 5.92 Å². The molecule has 2 aromatic rings. The van der Waals surface area contributed by atoms with Gasteiger partial charge in [-0.3, -0.25) is 4.79 Å². The van der Waals surface area contributed by atoms with Gasteiger partial charge >= 0.3 is 0 Å². The molecule has 0 amide bonds. The second kappa shape index (κ2) is 9.99. The van der Waals surface area contributed by atoms with Crippen LogP contribution in [-0.4, -0.2) is 58.3 Å². The SMILES string of the molecule is CCC1=CC(c2cccc(C#N)c2)=[N+]2C(CCC(=O)C3CCCN(c4cc(OC)ncn4)CC3)C12. The Hall–Kier alpha value is -3.53. The van der Waals surface area contributed by atoms with Gasteiger partial charge in [0.25, 0.3) is 0 Å². The van der Waals surface area contributed by atoms with Crippen LogP contribution in [-0.2, 0) is 4.79 Å². The molecule has 0 N–H and O–H groups in total. The Morgan fingerprint density at radius 2 is 2.14 bits per heavy atom. The number of Topliss-reactive ketones (excluding diaryl/α,β-unsaturated/α-hetero) is 1. The van der Waals surface area contributed by atoms with Crippen molar-refractivity contribution >= 4 is 17.3 Å². The van der Waals surface area contributed by atoms with E-state index in [0.717, 1.165) is 56.6 Å². The first-order valence-electron chi connectivity index (χ1n) is 12.6. The third kappa shape index (κ3) is 4.70. The molecule has 5 rings (SSSR count). The number of hydrogen-bond donors (Lipinski definition) is 0. The van der Waals surface area contributed by atoms with Gasteiger partial charge < -0.3 is 9.64 Å². The third-order valence-electron chi connectivity index (χ3n) is 7.64. The fraction of sp³-hybridized carbons (Fsp3) is 0.464. The minimum atomic E-state index is 0.120. The average molecular weight is 471 g/mol. The Morgan fingerprint density at radius 1 is 1.26 bits per heavy atom. The molecule has 0 saturated carbocycles. The first-order valence-corrected chi connectivity index (χ1v) is 12.6. The van der Waals surface area contributed by atoms with Crippen LogP contribution >= 0.6 is 0 Å². The van der Waals surface area contributed by atoms with Gasteiger partial charge in [-0.05, 0) is 43.9 Å². The zero-order valence-electron chi connectivity index (χ0n) is 20.5. The van der Waals surface area contributed by atoms with E-state index in [9.17, 15) is 10.1 Å². The molecule has 0 spiro atoms. The van der Waals surface area contributed by atoms with E-state index in [-0.39, 0.29) is 5.92 Å². The van der Waals surface area contributed by atoms with E-state index < -0.39 is 0 Å². The lowest BCUT2D eigenvalue weighted by molar-refractivity contribution is -0.372. The number of anilines is 1. The lowest BCUT2D eigenvalue weighted by Gasteiger charge is -2.21. The summed E-state index contributed by atoms with van der Waals surface area (Å²) in [6.07, 6.45) is 9.13. The number of nitriles is 1. The smallest absolute Gasteiger partial charge is 0.236 e. The first kappa shape index (κ1) is 23.2. The van der Waals surface area contributed by atoms with Crippen LogP contribution < -0.4 is 9.64 Å². The zero-order valence-corrected chi connectivity index (χ0v) is 20.5. The van der Waals surface area contributed by atoms with Gasteiger partial charge in [-0.15, -0.1) is 0 Å². The van der Waals surface area contributed by atoms with Gasteiger partial charge in [-0.25, -0.2) is 14.5 Å². The highest BCUT2D eigenvalue weighted by molar-refractivity contribution is 6.07.